The van der Waals surface area contributed by atoms with E-state index in [1.165, 1.54) is 19.4 Å². The quantitative estimate of drug-likeness (QED) is 0.715. The number of anilines is 2. The second kappa shape index (κ2) is 7.61. The average molecular weight is 408 g/mol. The van der Waals surface area contributed by atoms with Crippen LogP contribution >= 0.6 is 11.6 Å². The van der Waals surface area contributed by atoms with E-state index in [2.05, 4.69) is 25.1 Å². The van der Waals surface area contributed by atoms with Gasteiger partial charge in [0, 0.05) is 36.7 Å². The highest BCUT2D eigenvalue weighted by Crippen LogP contribution is 2.30. The molecule has 0 unspecified atom stereocenters. The van der Waals surface area contributed by atoms with Crippen LogP contribution in [0.2, 0.25) is 5.02 Å². The van der Waals surface area contributed by atoms with Crippen molar-refractivity contribution in [2.24, 2.45) is 0 Å². The van der Waals surface area contributed by atoms with Crippen LogP contribution in [-0.2, 0) is 0 Å². The van der Waals surface area contributed by atoms with Gasteiger partial charge in [-0.3, -0.25) is 9.69 Å². The van der Waals surface area contributed by atoms with Gasteiger partial charge in [0.05, 0.1) is 16.1 Å². The number of halogens is 1. The van der Waals surface area contributed by atoms with Crippen molar-refractivity contribution in [2.45, 2.75) is 18.9 Å². The van der Waals surface area contributed by atoms with E-state index < -0.39 is 0 Å². The van der Waals surface area contributed by atoms with E-state index in [-0.39, 0.29) is 5.91 Å². The van der Waals surface area contributed by atoms with Gasteiger partial charge in [0.2, 0.25) is 0 Å². The molecule has 3 aromatic rings. The van der Waals surface area contributed by atoms with Crippen molar-refractivity contribution >= 4 is 39.9 Å². The highest BCUT2D eigenvalue weighted by Gasteiger charge is 2.31. The van der Waals surface area contributed by atoms with Gasteiger partial charge in [-0.15, -0.1) is 0 Å². The highest BCUT2D eigenvalue weighted by atomic mass is 35.5. The van der Waals surface area contributed by atoms with Gasteiger partial charge in [-0.2, -0.15) is 0 Å². The van der Waals surface area contributed by atoms with Crippen LogP contribution in [0.3, 0.4) is 0 Å². The zero-order valence-corrected chi connectivity index (χ0v) is 16.8. The van der Waals surface area contributed by atoms with Crippen LogP contribution in [0, 0.1) is 0 Å². The number of benzene rings is 2. The highest BCUT2D eigenvalue weighted by molar-refractivity contribution is 6.34. The summed E-state index contributed by atoms with van der Waals surface area (Å²) in [7, 11) is 0. The molecule has 5 rings (SSSR count). The molecule has 1 aromatic heterocycles. The molecule has 0 radical (unpaired) electrons. The fourth-order valence-corrected chi connectivity index (χ4v) is 4.62. The Morgan fingerprint density at radius 2 is 2.00 bits per heavy atom. The summed E-state index contributed by atoms with van der Waals surface area (Å²) >= 11 is 6.16. The van der Waals surface area contributed by atoms with Crippen LogP contribution < -0.4 is 10.2 Å². The van der Waals surface area contributed by atoms with Crippen molar-refractivity contribution in [2.75, 3.05) is 36.4 Å². The number of hydrogen-bond acceptors (Lipinski definition) is 5. The van der Waals surface area contributed by atoms with Gasteiger partial charge in [0.15, 0.2) is 0 Å². The number of hydrogen-bond donors (Lipinski definition) is 1. The number of rotatable bonds is 3. The Balaban J connectivity index is 1.44. The van der Waals surface area contributed by atoms with Crippen LogP contribution in [0.5, 0.6) is 0 Å². The molecule has 6 nitrogen and oxygen atoms in total. The summed E-state index contributed by atoms with van der Waals surface area (Å²) in [6, 6.07) is 13.4. The molecule has 0 spiro atoms. The lowest BCUT2D eigenvalue weighted by atomic mass is 10.1. The number of nitrogens with one attached hydrogen (secondary N) is 1. The summed E-state index contributed by atoms with van der Waals surface area (Å²) in [5.41, 5.74) is 2.04. The molecular weight excluding hydrogens is 386 g/mol. The molecule has 29 heavy (non-hydrogen) atoms. The summed E-state index contributed by atoms with van der Waals surface area (Å²) in [6.45, 7) is 4.22. The predicted molar refractivity (Wildman–Crippen MR) is 116 cm³/mol. The van der Waals surface area contributed by atoms with Crippen molar-refractivity contribution in [3.63, 3.8) is 0 Å². The van der Waals surface area contributed by atoms with Crippen molar-refractivity contribution in [1.29, 1.82) is 0 Å². The van der Waals surface area contributed by atoms with Crippen molar-refractivity contribution in [3.8, 4) is 0 Å². The summed E-state index contributed by atoms with van der Waals surface area (Å²) in [5, 5.41) is 4.34. The van der Waals surface area contributed by atoms with Gasteiger partial charge in [-0.1, -0.05) is 23.7 Å². The summed E-state index contributed by atoms with van der Waals surface area (Å²) in [5.74, 6) is 0.711. The summed E-state index contributed by atoms with van der Waals surface area (Å²) in [6.07, 6.45) is 4.15. The third-order valence-corrected chi connectivity index (χ3v) is 6.21. The smallest absolute Gasteiger partial charge is 0.257 e. The molecule has 1 amide bonds. The maximum absolute atomic E-state index is 12.6. The van der Waals surface area contributed by atoms with E-state index >= 15 is 0 Å². The van der Waals surface area contributed by atoms with E-state index in [9.17, 15) is 4.79 Å². The molecule has 0 saturated carbocycles. The molecule has 7 heteroatoms. The number of fused-ring (bicyclic) bond motifs is 2. The van der Waals surface area contributed by atoms with Crippen LogP contribution in [-0.4, -0.2) is 53.0 Å². The minimum atomic E-state index is -0.229. The lowest BCUT2D eigenvalue weighted by Crippen LogP contribution is -2.50. The van der Waals surface area contributed by atoms with E-state index in [0.29, 0.717) is 22.3 Å². The molecular formula is C22H22ClN5O. The summed E-state index contributed by atoms with van der Waals surface area (Å²) < 4.78 is 0. The van der Waals surface area contributed by atoms with E-state index in [1.54, 1.807) is 24.5 Å². The first-order chi connectivity index (χ1) is 14.2. The minimum Gasteiger partial charge on any atom is -0.353 e. The van der Waals surface area contributed by atoms with Crippen molar-refractivity contribution in [1.82, 2.24) is 14.9 Å². The summed E-state index contributed by atoms with van der Waals surface area (Å²) in [4.78, 5) is 26.6. The topological polar surface area (TPSA) is 61.4 Å². The fourth-order valence-electron chi connectivity index (χ4n) is 4.40. The third-order valence-electron chi connectivity index (χ3n) is 5.88. The lowest BCUT2D eigenvalue weighted by Gasteiger charge is -2.38. The van der Waals surface area contributed by atoms with Gasteiger partial charge in [-0.25, -0.2) is 9.97 Å². The zero-order valence-electron chi connectivity index (χ0n) is 16.0. The Labute approximate surface area is 174 Å². The first-order valence-electron chi connectivity index (χ1n) is 9.99. The number of amides is 1. The molecule has 148 valence electrons. The molecule has 2 aliphatic heterocycles. The third kappa shape index (κ3) is 3.54. The largest absolute Gasteiger partial charge is 0.353 e. The Morgan fingerprint density at radius 3 is 2.90 bits per heavy atom. The van der Waals surface area contributed by atoms with E-state index in [0.717, 1.165) is 36.4 Å². The normalized spacial score (nSPS) is 19.3. The fraction of sp³-hybridized carbons (Fsp3) is 0.318. The SMILES string of the molecule is O=C(Nc1ccc2ncnc(N3CCN4CCC[C@H]4C3)c2c1)c1ccccc1Cl. The molecule has 2 aromatic carbocycles. The Bertz CT molecular complexity index is 1070. The molecule has 2 saturated heterocycles. The van der Waals surface area contributed by atoms with Crippen LogP contribution in [0.4, 0.5) is 11.5 Å². The van der Waals surface area contributed by atoms with Crippen LogP contribution in [0.25, 0.3) is 10.9 Å². The van der Waals surface area contributed by atoms with Gasteiger partial charge in [-0.05, 0) is 49.7 Å². The van der Waals surface area contributed by atoms with Gasteiger partial charge < -0.3 is 10.2 Å². The Morgan fingerprint density at radius 1 is 1.10 bits per heavy atom. The molecule has 0 bridgehead atoms. The number of nitrogens with zero attached hydrogens (tertiary/aromatic N) is 4. The number of carbonyl (C=O) groups excluding carboxylic acids is 1. The van der Waals surface area contributed by atoms with Gasteiger partial charge in [0.1, 0.15) is 12.1 Å². The van der Waals surface area contributed by atoms with Gasteiger partial charge >= 0.3 is 0 Å². The lowest BCUT2D eigenvalue weighted by molar-refractivity contribution is 0.102. The molecule has 2 aliphatic rings. The molecule has 2 fully saturated rings. The second-order valence-corrected chi connectivity index (χ2v) is 8.05. The Hall–Kier alpha value is -2.70. The second-order valence-electron chi connectivity index (χ2n) is 7.64. The first kappa shape index (κ1) is 18.3. The van der Waals surface area contributed by atoms with Crippen molar-refractivity contribution in [3.05, 3.63) is 59.4 Å². The first-order valence-corrected chi connectivity index (χ1v) is 10.4. The number of piperazine rings is 1. The van der Waals surface area contributed by atoms with E-state index in [1.807, 2.05) is 24.3 Å². The monoisotopic (exact) mass is 407 g/mol. The van der Waals surface area contributed by atoms with E-state index in [4.69, 9.17) is 11.6 Å². The van der Waals surface area contributed by atoms with Crippen LogP contribution in [0.15, 0.2) is 48.8 Å². The zero-order chi connectivity index (χ0) is 19.8. The average Bonchev–Trinajstić information content (AvgIpc) is 3.21. The maximum atomic E-state index is 12.6. The molecule has 1 N–H and O–H groups in total. The number of carbonyl (C=O) groups is 1. The maximum Gasteiger partial charge on any atom is 0.257 e. The van der Waals surface area contributed by atoms with Gasteiger partial charge in [0.25, 0.3) is 5.91 Å². The Kier molecular flexibility index (Phi) is 4.81. The molecule has 3 heterocycles. The molecule has 0 aliphatic carbocycles. The number of aromatic nitrogens is 2. The predicted octanol–water partition coefficient (Wildman–Crippen LogP) is 3.82. The van der Waals surface area contributed by atoms with Crippen LogP contribution in [0.1, 0.15) is 23.2 Å². The standard InChI is InChI=1S/C22H22ClN5O/c23-19-6-2-1-5-17(19)22(29)26-15-7-8-20-18(12-15)21(25-14-24-20)28-11-10-27-9-3-4-16(27)13-28/h1-2,5-8,12,14,16H,3-4,9-11,13H2,(H,26,29)/t16-/m0/s1. The molecule has 1 atom stereocenters. The minimum absolute atomic E-state index is 0.229. The van der Waals surface area contributed by atoms with Crippen molar-refractivity contribution < 1.29 is 4.79 Å².